The van der Waals surface area contributed by atoms with Crippen LogP contribution in [-0.2, 0) is 4.79 Å². The Balaban J connectivity index is 2.29. The molecule has 2 saturated heterocycles. The molecule has 1 N–H and O–H groups in total. The molecule has 1 unspecified atom stereocenters. The molecule has 1 amide bonds. The van der Waals surface area contributed by atoms with E-state index in [0.717, 1.165) is 31.6 Å². The van der Waals surface area contributed by atoms with Gasteiger partial charge in [-0.1, -0.05) is 6.58 Å². The Labute approximate surface area is 78.1 Å². The summed E-state index contributed by atoms with van der Waals surface area (Å²) in [4.78, 5) is 13.7. The second kappa shape index (κ2) is 2.64. The van der Waals surface area contributed by atoms with Crippen LogP contribution in [0.15, 0.2) is 18.0 Å². The number of carbonyl (C=O) groups is 1. The van der Waals surface area contributed by atoms with Gasteiger partial charge in [0.05, 0.1) is 11.1 Å². The van der Waals surface area contributed by atoms with Gasteiger partial charge >= 0.3 is 0 Å². The highest BCUT2D eigenvalue weighted by molar-refractivity contribution is 5.85. The van der Waals surface area contributed by atoms with Crippen molar-refractivity contribution < 1.29 is 4.79 Å². The van der Waals surface area contributed by atoms with Gasteiger partial charge in [-0.2, -0.15) is 0 Å². The van der Waals surface area contributed by atoms with E-state index in [-0.39, 0.29) is 11.3 Å². The van der Waals surface area contributed by atoms with Crippen molar-refractivity contribution in [2.24, 2.45) is 5.41 Å². The number of nitrogens with one attached hydrogen (secondary N) is 1. The van der Waals surface area contributed by atoms with Gasteiger partial charge in [-0.3, -0.25) is 4.79 Å². The smallest absolute Gasteiger partial charge is 0.228 e. The number of allylic oxidation sites excluding steroid dienone is 1. The van der Waals surface area contributed by atoms with Gasteiger partial charge in [-0.05, 0) is 6.42 Å². The number of hydrogen-bond donors (Lipinski definition) is 1. The summed E-state index contributed by atoms with van der Waals surface area (Å²) in [7, 11) is 1.99. The second-order valence-electron chi connectivity index (χ2n) is 3.94. The van der Waals surface area contributed by atoms with Crippen LogP contribution < -0.4 is 5.32 Å². The first-order valence-electron chi connectivity index (χ1n) is 4.56. The van der Waals surface area contributed by atoms with E-state index in [0.29, 0.717) is 0 Å². The van der Waals surface area contributed by atoms with Gasteiger partial charge in [-0.25, -0.2) is 0 Å². The zero-order chi connectivity index (χ0) is 9.47. The molecule has 2 heterocycles. The highest BCUT2D eigenvalue weighted by Crippen LogP contribution is 2.41. The molecule has 70 valence electrons. The Hall–Kier alpha value is -1.21. The predicted octanol–water partition coefficient (Wildman–Crippen LogP) is 0.497. The molecule has 0 radical (unpaired) electrons. The third-order valence-corrected chi connectivity index (χ3v) is 3.08. The maximum absolute atomic E-state index is 11.6. The van der Waals surface area contributed by atoms with E-state index in [2.05, 4.69) is 22.5 Å². The molecule has 3 nitrogen and oxygen atoms in total. The first-order valence-corrected chi connectivity index (χ1v) is 4.56. The number of hydrogen-bond acceptors (Lipinski definition) is 2. The molecule has 2 aliphatic rings. The molecular weight excluding hydrogens is 164 g/mol. The normalized spacial score (nSPS) is 32.5. The Morgan fingerprint density at radius 3 is 2.92 bits per heavy atom. The maximum Gasteiger partial charge on any atom is 0.228 e. The molecule has 1 atom stereocenters. The van der Waals surface area contributed by atoms with Crippen LogP contribution in [0.3, 0.4) is 0 Å². The van der Waals surface area contributed by atoms with Gasteiger partial charge in [0.15, 0.2) is 0 Å². The van der Waals surface area contributed by atoms with E-state index in [9.17, 15) is 4.79 Å². The average molecular weight is 178 g/mol. The summed E-state index contributed by atoms with van der Waals surface area (Å²) in [6, 6.07) is 0. The lowest BCUT2D eigenvalue weighted by Crippen LogP contribution is -2.33. The van der Waals surface area contributed by atoms with Crippen LogP contribution in [0, 0.1) is 5.41 Å². The van der Waals surface area contributed by atoms with Crippen molar-refractivity contribution in [1.29, 1.82) is 0 Å². The molecule has 3 heteroatoms. The van der Waals surface area contributed by atoms with Crippen LogP contribution in [-0.4, -0.2) is 30.9 Å². The van der Waals surface area contributed by atoms with Crippen molar-refractivity contribution in [3.63, 3.8) is 0 Å². The minimum absolute atomic E-state index is 0.172. The quantitative estimate of drug-likeness (QED) is 0.548. The second-order valence-corrected chi connectivity index (χ2v) is 3.94. The lowest BCUT2D eigenvalue weighted by Gasteiger charge is -2.18. The number of amides is 1. The number of rotatable bonds is 0. The first kappa shape index (κ1) is 8.39. The minimum Gasteiger partial charge on any atom is -0.371 e. The van der Waals surface area contributed by atoms with Crippen molar-refractivity contribution in [3.8, 4) is 0 Å². The maximum atomic E-state index is 11.6. The van der Waals surface area contributed by atoms with Crippen LogP contribution >= 0.6 is 0 Å². The molecule has 0 bridgehead atoms. The lowest BCUT2D eigenvalue weighted by molar-refractivity contribution is -0.126. The van der Waals surface area contributed by atoms with Crippen LogP contribution in [0.1, 0.15) is 12.8 Å². The summed E-state index contributed by atoms with van der Waals surface area (Å²) in [5.74, 6) is 0.199. The minimum atomic E-state index is -0.172. The van der Waals surface area contributed by atoms with Crippen molar-refractivity contribution >= 4 is 5.91 Å². The third kappa shape index (κ3) is 1.08. The van der Waals surface area contributed by atoms with Gasteiger partial charge in [-0.15, -0.1) is 5.73 Å². The van der Waals surface area contributed by atoms with E-state index in [1.165, 1.54) is 0 Å². The fourth-order valence-corrected chi connectivity index (χ4v) is 2.29. The largest absolute Gasteiger partial charge is 0.371 e. The van der Waals surface area contributed by atoms with E-state index >= 15 is 0 Å². The van der Waals surface area contributed by atoms with Crippen molar-refractivity contribution in [2.75, 3.05) is 20.1 Å². The van der Waals surface area contributed by atoms with Crippen LogP contribution in [0.2, 0.25) is 0 Å². The first-order chi connectivity index (χ1) is 6.18. The molecular formula is C10H14N2O. The van der Waals surface area contributed by atoms with Gasteiger partial charge in [0.25, 0.3) is 0 Å². The SMILES string of the molecule is C=C=C1CC2(CCNC2=O)CN1C. The Kier molecular flexibility index (Phi) is 1.70. The fourth-order valence-electron chi connectivity index (χ4n) is 2.29. The van der Waals surface area contributed by atoms with E-state index in [1.807, 2.05) is 7.05 Å². The standard InChI is InChI=1S/C10H14N2O/c1-3-8-6-10(7-12(8)2)4-5-11-9(10)13/h1,4-7H2,2H3,(H,11,13). The van der Waals surface area contributed by atoms with Gasteiger partial charge < -0.3 is 10.2 Å². The van der Waals surface area contributed by atoms with E-state index < -0.39 is 0 Å². The summed E-state index contributed by atoms with van der Waals surface area (Å²) in [6.45, 7) is 5.27. The highest BCUT2D eigenvalue weighted by Gasteiger charge is 2.48. The summed E-state index contributed by atoms with van der Waals surface area (Å²) < 4.78 is 0. The molecule has 0 saturated carbocycles. The Morgan fingerprint density at radius 2 is 2.46 bits per heavy atom. The molecule has 0 aliphatic carbocycles. The fraction of sp³-hybridized carbons (Fsp3) is 0.600. The molecule has 0 aromatic rings. The molecule has 0 aromatic heterocycles. The number of carbonyl (C=O) groups excluding carboxylic acids is 1. The summed E-state index contributed by atoms with van der Waals surface area (Å²) in [6.07, 6.45) is 1.75. The molecule has 13 heavy (non-hydrogen) atoms. The summed E-state index contributed by atoms with van der Waals surface area (Å²) in [5, 5.41) is 2.89. The van der Waals surface area contributed by atoms with Gasteiger partial charge in [0.2, 0.25) is 5.91 Å². The highest BCUT2D eigenvalue weighted by atomic mass is 16.2. The molecule has 0 aromatic carbocycles. The number of likely N-dealkylation sites (tertiary alicyclic amines) is 1. The molecule has 1 spiro atoms. The van der Waals surface area contributed by atoms with Gasteiger partial charge in [0.1, 0.15) is 0 Å². The Morgan fingerprint density at radius 1 is 1.69 bits per heavy atom. The van der Waals surface area contributed by atoms with Crippen LogP contribution in [0.4, 0.5) is 0 Å². The van der Waals surface area contributed by atoms with Crippen molar-refractivity contribution in [3.05, 3.63) is 18.0 Å². The molecule has 2 rings (SSSR count). The average Bonchev–Trinajstić information content (AvgIpc) is 2.59. The predicted molar refractivity (Wildman–Crippen MR) is 50.0 cm³/mol. The Bertz CT molecular complexity index is 304. The molecule has 2 aliphatic heterocycles. The number of nitrogens with zero attached hydrogens (tertiary/aromatic N) is 1. The van der Waals surface area contributed by atoms with Crippen LogP contribution in [0.25, 0.3) is 0 Å². The summed E-state index contributed by atoms with van der Waals surface area (Å²) >= 11 is 0. The third-order valence-electron chi connectivity index (χ3n) is 3.08. The molecule has 2 fully saturated rings. The van der Waals surface area contributed by atoms with E-state index in [4.69, 9.17) is 0 Å². The monoisotopic (exact) mass is 178 g/mol. The zero-order valence-corrected chi connectivity index (χ0v) is 7.89. The van der Waals surface area contributed by atoms with Gasteiger partial charge in [0, 0.05) is 26.6 Å². The lowest BCUT2D eigenvalue weighted by atomic mass is 9.85. The topological polar surface area (TPSA) is 32.3 Å². The van der Waals surface area contributed by atoms with E-state index in [1.54, 1.807) is 0 Å². The van der Waals surface area contributed by atoms with Crippen LogP contribution in [0.5, 0.6) is 0 Å². The zero-order valence-electron chi connectivity index (χ0n) is 7.89. The van der Waals surface area contributed by atoms with Crippen molar-refractivity contribution in [1.82, 2.24) is 10.2 Å². The summed E-state index contributed by atoms with van der Waals surface area (Å²) in [5.41, 5.74) is 3.79. The van der Waals surface area contributed by atoms with Crippen molar-refractivity contribution in [2.45, 2.75) is 12.8 Å².